The molecule has 0 aliphatic carbocycles. The first-order valence-electron chi connectivity index (χ1n) is 3.62. The van der Waals surface area contributed by atoms with Crippen LogP contribution in [0.4, 0.5) is 5.82 Å². The molecule has 0 radical (unpaired) electrons. The highest BCUT2D eigenvalue weighted by Crippen LogP contribution is 2.06. The molecule has 0 aromatic carbocycles. The number of allylic oxidation sites excluding steroid dienone is 2. The van der Waals surface area contributed by atoms with E-state index in [2.05, 4.69) is 10.4 Å². The van der Waals surface area contributed by atoms with Crippen LogP contribution in [0.1, 0.15) is 13.8 Å². The maximum absolute atomic E-state index is 4.03. The minimum Gasteiger partial charge on any atom is -0.345 e. The van der Waals surface area contributed by atoms with Crippen LogP contribution in [0.5, 0.6) is 0 Å². The van der Waals surface area contributed by atoms with Crippen molar-refractivity contribution >= 4 is 5.82 Å². The lowest BCUT2D eigenvalue weighted by molar-refractivity contribution is 0.774. The second kappa shape index (κ2) is 3.23. The van der Waals surface area contributed by atoms with Gasteiger partial charge in [-0.1, -0.05) is 6.08 Å². The van der Waals surface area contributed by atoms with Crippen molar-refractivity contribution in [2.75, 3.05) is 5.32 Å². The number of nitrogens with one attached hydrogen (secondary N) is 1. The van der Waals surface area contributed by atoms with Crippen LogP contribution < -0.4 is 5.32 Å². The van der Waals surface area contributed by atoms with Crippen LogP contribution in [-0.2, 0) is 7.05 Å². The van der Waals surface area contributed by atoms with Crippen LogP contribution >= 0.6 is 0 Å². The second-order valence-corrected chi connectivity index (χ2v) is 2.44. The number of aromatic nitrogens is 2. The Labute approximate surface area is 66.7 Å². The van der Waals surface area contributed by atoms with E-state index in [9.17, 15) is 0 Å². The molecule has 0 amide bonds. The van der Waals surface area contributed by atoms with E-state index >= 15 is 0 Å². The first-order chi connectivity index (χ1) is 5.24. The zero-order valence-electron chi connectivity index (χ0n) is 7.13. The molecule has 0 bridgehead atoms. The Morgan fingerprint density at radius 1 is 1.73 bits per heavy atom. The maximum atomic E-state index is 4.03. The van der Waals surface area contributed by atoms with E-state index in [1.54, 1.807) is 10.9 Å². The minimum absolute atomic E-state index is 1.01. The van der Waals surface area contributed by atoms with Gasteiger partial charge < -0.3 is 5.32 Å². The van der Waals surface area contributed by atoms with E-state index in [0.717, 1.165) is 11.5 Å². The fraction of sp³-hybridized carbons (Fsp3) is 0.375. The summed E-state index contributed by atoms with van der Waals surface area (Å²) in [5.74, 6) is 1.01. The third kappa shape index (κ3) is 1.83. The van der Waals surface area contributed by atoms with Crippen molar-refractivity contribution in [2.24, 2.45) is 7.05 Å². The largest absolute Gasteiger partial charge is 0.345 e. The van der Waals surface area contributed by atoms with E-state index < -0.39 is 0 Å². The second-order valence-electron chi connectivity index (χ2n) is 2.44. The van der Waals surface area contributed by atoms with Gasteiger partial charge in [0, 0.05) is 18.8 Å². The van der Waals surface area contributed by atoms with Crippen molar-refractivity contribution in [3.8, 4) is 0 Å². The van der Waals surface area contributed by atoms with Gasteiger partial charge in [-0.25, -0.2) is 0 Å². The first-order valence-corrected chi connectivity index (χ1v) is 3.62. The summed E-state index contributed by atoms with van der Waals surface area (Å²) >= 11 is 0. The van der Waals surface area contributed by atoms with Gasteiger partial charge in [-0.05, 0) is 13.8 Å². The smallest absolute Gasteiger partial charge is 0.128 e. The number of hydrogen-bond acceptors (Lipinski definition) is 2. The molecule has 0 saturated heterocycles. The number of aryl methyl sites for hydroxylation is 1. The van der Waals surface area contributed by atoms with E-state index in [0.29, 0.717) is 0 Å². The molecule has 1 aromatic heterocycles. The lowest BCUT2D eigenvalue weighted by Gasteiger charge is -2.04. The Morgan fingerprint density at radius 2 is 2.45 bits per heavy atom. The molecular formula is C8H13N3. The van der Waals surface area contributed by atoms with Crippen LogP contribution in [0.3, 0.4) is 0 Å². The van der Waals surface area contributed by atoms with Crippen LogP contribution in [0.25, 0.3) is 0 Å². The van der Waals surface area contributed by atoms with Gasteiger partial charge in [0.15, 0.2) is 0 Å². The Bertz CT molecular complexity index is 260. The summed E-state index contributed by atoms with van der Waals surface area (Å²) in [6, 6.07) is 1.94. The molecule has 1 rings (SSSR count). The lowest BCUT2D eigenvalue weighted by Crippen LogP contribution is -2.01. The van der Waals surface area contributed by atoms with Crippen molar-refractivity contribution in [1.82, 2.24) is 9.78 Å². The molecule has 0 spiro atoms. The molecule has 11 heavy (non-hydrogen) atoms. The van der Waals surface area contributed by atoms with Crippen LogP contribution in [0.2, 0.25) is 0 Å². The van der Waals surface area contributed by atoms with Crippen molar-refractivity contribution in [3.63, 3.8) is 0 Å². The average Bonchev–Trinajstić information content (AvgIpc) is 2.37. The van der Waals surface area contributed by atoms with Crippen LogP contribution in [-0.4, -0.2) is 9.78 Å². The van der Waals surface area contributed by atoms with Crippen molar-refractivity contribution in [2.45, 2.75) is 13.8 Å². The highest BCUT2D eigenvalue weighted by Gasteiger charge is 1.95. The Balaban J connectivity index is 2.72. The summed E-state index contributed by atoms with van der Waals surface area (Å²) in [5, 5.41) is 7.23. The number of hydrogen-bond donors (Lipinski definition) is 1. The zero-order valence-corrected chi connectivity index (χ0v) is 7.13. The van der Waals surface area contributed by atoms with Crippen molar-refractivity contribution in [1.29, 1.82) is 0 Å². The molecule has 60 valence electrons. The number of anilines is 1. The van der Waals surface area contributed by atoms with Crippen LogP contribution in [0, 0.1) is 0 Å². The predicted octanol–water partition coefficient (Wildman–Crippen LogP) is 1.76. The summed E-state index contributed by atoms with van der Waals surface area (Å²) in [6.45, 7) is 4.02. The molecular weight excluding hydrogens is 138 g/mol. The molecule has 1 aromatic rings. The van der Waals surface area contributed by atoms with Gasteiger partial charge in [-0.3, -0.25) is 4.68 Å². The molecule has 3 nitrogen and oxygen atoms in total. The van der Waals surface area contributed by atoms with E-state index in [4.69, 9.17) is 0 Å². The van der Waals surface area contributed by atoms with Crippen LogP contribution in [0.15, 0.2) is 24.0 Å². The topological polar surface area (TPSA) is 29.9 Å². The highest BCUT2D eigenvalue weighted by atomic mass is 15.3. The van der Waals surface area contributed by atoms with Gasteiger partial charge >= 0.3 is 0 Å². The SMILES string of the molecule is C/C=C(/C)Nc1ccnn1C. The lowest BCUT2D eigenvalue weighted by atomic mass is 10.4. The number of nitrogens with zero attached hydrogens (tertiary/aromatic N) is 2. The molecule has 0 unspecified atom stereocenters. The third-order valence-electron chi connectivity index (χ3n) is 1.58. The summed E-state index contributed by atoms with van der Waals surface area (Å²) in [5.41, 5.74) is 1.13. The molecule has 1 N–H and O–H groups in total. The Kier molecular flexibility index (Phi) is 2.31. The molecule has 3 heteroatoms. The summed E-state index contributed by atoms with van der Waals surface area (Å²) in [7, 11) is 1.91. The Morgan fingerprint density at radius 3 is 2.91 bits per heavy atom. The fourth-order valence-electron chi connectivity index (χ4n) is 0.771. The maximum Gasteiger partial charge on any atom is 0.128 e. The molecule has 1 heterocycles. The molecule has 0 saturated carbocycles. The van der Waals surface area contributed by atoms with Gasteiger partial charge in [-0.15, -0.1) is 0 Å². The molecule has 0 atom stereocenters. The quantitative estimate of drug-likeness (QED) is 0.698. The zero-order chi connectivity index (χ0) is 8.27. The first kappa shape index (κ1) is 7.85. The fourth-order valence-corrected chi connectivity index (χ4v) is 0.771. The molecule has 0 fully saturated rings. The van der Waals surface area contributed by atoms with Crippen molar-refractivity contribution in [3.05, 3.63) is 24.0 Å². The number of rotatable bonds is 2. The average molecular weight is 151 g/mol. The highest BCUT2D eigenvalue weighted by molar-refractivity contribution is 5.39. The van der Waals surface area contributed by atoms with Crippen molar-refractivity contribution < 1.29 is 0 Å². The van der Waals surface area contributed by atoms with Gasteiger partial charge in [0.05, 0.1) is 6.20 Å². The monoisotopic (exact) mass is 151 g/mol. The van der Waals surface area contributed by atoms with Gasteiger partial charge in [-0.2, -0.15) is 5.10 Å². The normalized spacial score (nSPS) is 11.7. The molecule has 0 aliphatic rings. The molecule has 0 aliphatic heterocycles. The third-order valence-corrected chi connectivity index (χ3v) is 1.58. The van der Waals surface area contributed by atoms with E-state index in [1.165, 1.54) is 0 Å². The Hall–Kier alpha value is -1.25. The van der Waals surface area contributed by atoms with E-state index in [1.807, 2.05) is 33.0 Å². The van der Waals surface area contributed by atoms with E-state index in [-0.39, 0.29) is 0 Å². The van der Waals surface area contributed by atoms with Gasteiger partial charge in [0.2, 0.25) is 0 Å². The summed E-state index contributed by atoms with van der Waals surface area (Å²) in [4.78, 5) is 0. The summed E-state index contributed by atoms with van der Waals surface area (Å²) in [6.07, 6.45) is 3.79. The van der Waals surface area contributed by atoms with Gasteiger partial charge in [0.25, 0.3) is 0 Å². The summed E-state index contributed by atoms with van der Waals surface area (Å²) < 4.78 is 1.80. The standard InChI is InChI=1S/C8H13N3/c1-4-7(2)10-8-5-6-9-11(8)3/h4-6,10H,1-3H3/b7-4-. The van der Waals surface area contributed by atoms with Gasteiger partial charge in [0.1, 0.15) is 5.82 Å². The minimum atomic E-state index is 1.01. The predicted molar refractivity (Wildman–Crippen MR) is 46.3 cm³/mol.